The second-order valence-electron chi connectivity index (χ2n) is 4.69. The zero-order chi connectivity index (χ0) is 10.8. The number of alkyl halides is 1. The SMILES string of the molecule is Cc1cc(CC(Cl)C(C)(C)C)ncn1. The third-order valence-electron chi connectivity index (χ3n) is 2.19. The number of aromatic nitrogens is 2. The fourth-order valence-electron chi connectivity index (χ4n) is 1.11. The van der Waals surface area contributed by atoms with Crippen molar-refractivity contribution >= 4 is 11.6 Å². The molecule has 0 N–H and O–H groups in total. The Morgan fingerprint density at radius 3 is 2.50 bits per heavy atom. The van der Waals surface area contributed by atoms with E-state index < -0.39 is 0 Å². The molecular weight excluding hydrogens is 196 g/mol. The molecule has 1 atom stereocenters. The highest BCUT2D eigenvalue weighted by Crippen LogP contribution is 2.26. The number of hydrogen-bond acceptors (Lipinski definition) is 2. The molecular formula is C11H17ClN2. The van der Waals surface area contributed by atoms with Crippen LogP contribution in [0.5, 0.6) is 0 Å². The minimum atomic E-state index is 0.108. The summed E-state index contributed by atoms with van der Waals surface area (Å²) in [5.41, 5.74) is 2.13. The summed E-state index contributed by atoms with van der Waals surface area (Å²) in [6.45, 7) is 8.38. The van der Waals surface area contributed by atoms with Gasteiger partial charge in [0.2, 0.25) is 0 Å². The molecule has 0 aliphatic heterocycles. The summed E-state index contributed by atoms with van der Waals surface area (Å²) in [5, 5.41) is 0.108. The summed E-state index contributed by atoms with van der Waals surface area (Å²) in [6, 6.07) is 1.99. The maximum absolute atomic E-state index is 6.28. The molecule has 0 saturated heterocycles. The van der Waals surface area contributed by atoms with Gasteiger partial charge >= 0.3 is 0 Å². The lowest BCUT2D eigenvalue weighted by Crippen LogP contribution is -2.23. The van der Waals surface area contributed by atoms with Crippen molar-refractivity contribution in [1.82, 2.24) is 9.97 Å². The Bertz CT molecular complexity index is 304. The van der Waals surface area contributed by atoms with E-state index in [1.165, 1.54) is 0 Å². The second kappa shape index (κ2) is 4.26. The minimum absolute atomic E-state index is 0.108. The van der Waals surface area contributed by atoms with Crippen molar-refractivity contribution in [2.24, 2.45) is 5.41 Å². The monoisotopic (exact) mass is 212 g/mol. The Hall–Kier alpha value is -0.630. The molecule has 0 fully saturated rings. The average Bonchev–Trinajstić information content (AvgIpc) is 2.02. The van der Waals surface area contributed by atoms with Gasteiger partial charge in [-0.15, -0.1) is 11.6 Å². The first-order valence-corrected chi connectivity index (χ1v) is 5.25. The molecule has 1 aromatic heterocycles. The number of aryl methyl sites for hydroxylation is 1. The van der Waals surface area contributed by atoms with Crippen LogP contribution in [0.25, 0.3) is 0 Å². The normalized spacial score (nSPS) is 14.1. The zero-order valence-corrected chi connectivity index (χ0v) is 9.97. The minimum Gasteiger partial charge on any atom is -0.242 e. The maximum Gasteiger partial charge on any atom is 0.115 e. The predicted molar refractivity (Wildman–Crippen MR) is 59.6 cm³/mol. The average molecular weight is 213 g/mol. The van der Waals surface area contributed by atoms with E-state index in [9.17, 15) is 0 Å². The summed E-state index contributed by atoms with van der Waals surface area (Å²) in [6.07, 6.45) is 2.39. The van der Waals surface area contributed by atoms with Crippen molar-refractivity contribution in [3.05, 3.63) is 23.8 Å². The van der Waals surface area contributed by atoms with Crippen LogP contribution in [-0.2, 0) is 6.42 Å². The van der Waals surface area contributed by atoms with Gasteiger partial charge in [0.1, 0.15) is 6.33 Å². The fraction of sp³-hybridized carbons (Fsp3) is 0.636. The Kier molecular flexibility index (Phi) is 3.48. The molecule has 78 valence electrons. The van der Waals surface area contributed by atoms with Gasteiger partial charge in [0.15, 0.2) is 0 Å². The quantitative estimate of drug-likeness (QED) is 0.705. The first kappa shape index (κ1) is 11.4. The highest BCUT2D eigenvalue weighted by atomic mass is 35.5. The molecule has 0 saturated carbocycles. The van der Waals surface area contributed by atoms with Gasteiger partial charge in [0, 0.05) is 23.2 Å². The van der Waals surface area contributed by atoms with E-state index in [0.29, 0.717) is 0 Å². The van der Waals surface area contributed by atoms with E-state index in [0.717, 1.165) is 17.8 Å². The Morgan fingerprint density at radius 2 is 2.00 bits per heavy atom. The maximum atomic E-state index is 6.28. The summed E-state index contributed by atoms with van der Waals surface area (Å²) in [7, 11) is 0. The molecule has 14 heavy (non-hydrogen) atoms. The Labute approximate surface area is 90.7 Å². The number of rotatable bonds is 2. The van der Waals surface area contributed by atoms with Gasteiger partial charge in [0.05, 0.1) is 0 Å². The molecule has 2 nitrogen and oxygen atoms in total. The zero-order valence-electron chi connectivity index (χ0n) is 9.21. The molecule has 0 aromatic carbocycles. The molecule has 0 bridgehead atoms. The third-order valence-corrected chi connectivity index (χ3v) is 3.00. The van der Waals surface area contributed by atoms with Crippen LogP contribution in [-0.4, -0.2) is 15.3 Å². The number of nitrogens with zero attached hydrogens (tertiary/aromatic N) is 2. The van der Waals surface area contributed by atoms with E-state index >= 15 is 0 Å². The van der Waals surface area contributed by atoms with Gasteiger partial charge < -0.3 is 0 Å². The Balaban J connectivity index is 2.70. The third kappa shape index (κ3) is 3.26. The van der Waals surface area contributed by atoms with Crippen molar-refractivity contribution in [1.29, 1.82) is 0 Å². The van der Waals surface area contributed by atoms with E-state index in [1.54, 1.807) is 6.33 Å². The molecule has 0 aliphatic rings. The van der Waals surface area contributed by atoms with Crippen molar-refractivity contribution in [2.75, 3.05) is 0 Å². The smallest absolute Gasteiger partial charge is 0.115 e. The van der Waals surface area contributed by atoms with E-state index in [-0.39, 0.29) is 10.8 Å². The van der Waals surface area contributed by atoms with E-state index in [4.69, 9.17) is 11.6 Å². The second-order valence-corrected chi connectivity index (χ2v) is 5.22. The first-order chi connectivity index (χ1) is 6.39. The molecule has 0 spiro atoms. The molecule has 0 radical (unpaired) electrons. The molecule has 1 unspecified atom stereocenters. The molecule has 0 amide bonds. The fourth-order valence-corrected chi connectivity index (χ4v) is 1.27. The van der Waals surface area contributed by atoms with Gasteiger partial charge in [-0.05, 0) is 18.4 Å². The molecule has 1 aromatic rings. The highest BCUT2D eigenvalue weighted by Gasteiger charge is 2.22. The van der Waals surface area contributed by atoms with Crippen LogP contribution in [0, 0.1) is 12.3 Å². The van der Waals surface area contributed by atoms with Crippen LogP contribution in [0.4, 0.5) is 0 Å². The standard InChI is InChI=1S/C11H17ClN2/c1-8-5-9(14-7-13-8)6-10(12)11(2,3)4/h5,7,10H,6H2,1-4H3. The van der Waals surface area contributed by atoms with Crippen molar-refractivity contribution in [3.8, 4) is 0 Å². The van der Waals surface area contributed by atoms with E-state index in [2.05, 4.69) is 30.7 Å². The predicted octanol–water partition coefficient (Wildman–Crippen LogP) is 2.98. The lowest BCUT2D eigenvalue weighted by atomic mass is 9.89. The lowest BCUT2D eigenvalue weighted by molar-refractivity contribution is 0.384. The summed E-state index contributed by atoms with van der Waals surface area (Å²) >= 11 is 6.28. The van der Waals surface area contributed by atoms with Crippen LogP contribution in [0.1, 0.15) is 32.2 Å². The van der Waals surface area contributed by atoms with Crippen LogP contribution in [0.3, 0.4) is 0 Å². The lowest BCUT2D eigenvalue weighted by Gasteiger charge is -2.24. The first-order valence-electron chi connectivity index (χ1n) is 4.81. The van der Waals surface area contributed by atoms with Crippen LogP contribution < -0.4 is 0 Å². The Morgan fingerprint density at radius 1 is 1.36 bits per heavy atom. The van der Waals surface area contributed by atoms with E-state index in [1.807, 2.05) is 13.0 Å². The van der Waals surface area contributed by atoms with Gasteiger partial charge in [-0.1, -0.05) is 20.8 Å². The molecule has 0 aliphatic carbocycles. The summed E-state index contributed by atoms with van der Waals surface area (Å²) in [5.74, 6) is 0. The van der Waals surface area contributed by atoms with Gasteiger partial charge in [-0.2, -0.15) is 0 Å². The van der Waals surface area contributed by atoms with Crippen LogP contribution in [0.15, 0.2) is 12.4 Å². The molecule has 1 rings (SSSR count). The number of halogens is 1. The van der Waals surface area contributed by atoms with Gasteiger partial charge in [0.25, 0.3) is 0 Å². The van der Waals surface area contributed by atoms with Crippen molar-refractivity contribution in [3.63, 3.8) is 0 Å². The highest BCUT2D eigenvalue weighted by molar-refractivity contribution is 6.21. The molecule has 1 heterocycles. The number of hydrogen-bond donors (Lipinski definition) is 0. The van der Waals surface area contributed by atoms with Gasteiger partial charge in [-0.25, -0.2) is 9.97 Å². The summed E-state index contributed by atoms with van der Waals surface area (Å²) in [4.78, 5) is 8.25. The van der Waals surface area contributed by atoms with Crippen LogP contribution >= 0.6 is 11.6 Å². The van der Waals surface area contributed by atoms with Crippen molar-refractivity contribution in [2.45, 2.75) is 39.5 Å². The molecule has 3 heteroatoms. The largest absolute Gasteiger partial charge is 0.242 e. The topological polar surface area (TPSA) is 25.8 Å². The van der Waals surface area contributed by atoms with Gasteiger partial charge in [-0.3, -0.25) is 0 Å². The van der Waals surface area contributed by atoms with Crippen molar-refractivity contribution < 1.29 is 0 Å². The van der Waals surface area contributed by atoms with Crippen LogP contribution in [0.2, 0.25) is 0 Å². The summed E-state index contributed by atoms with van der Waals surface area (Å²) < 4.78 is 0.